The quantitative estimate of drug-likeness (QED) is 0.707. The lowest BCUT2D eigenvalue weighted by Crippen LogP contribution is -2.33. The van der Waals surface area contributed by atoms with Gasteiger partial charge in [-0.15, -0.1) is 0 Å². The largest absolute Gasteiger partial charge is 0.381 e. The molecule has 16 heavy (non-hydrogen) atoms. The van der Waals surface area contributed by atoms with Gasteiger partial charge < -0.3 is 4.74 Å². The van der Waals surface area contributed by atoms with E-state index in [-0.39, 0.29) is 11.2 Å². The van der Waals surface area contributed by atoms with E-state index in [1.54, 1.807) is 0 Å². The fraction of sp³-hybridized carbons (Fsp3) is 1.00. The van der Waals surface area contributed by atoms with Gasteiger partial charge in [0.2, 0.25) is 0 Å². The molecule has 96 valence electrons. The molecule has 1 saturated heterocycles. The van der Waals surface area contributed by atoms with Crippen LogP contribution in [0.2, 0.25) is 0 Å². The fourth-order valence-corrected chi connectivity index (χ4v) is 5.09. The molecular weight excluding hydrogens is 292 g/mol. The van der Waals surface area contributed by atoms with E-state index in [1.165, 1.54) is 0 Å². The molecule has 0 aromatic carbocycles. The molecule has 1 rings (SSSR count). The summed E-state index contributed by atoms with van der Waals surface area (Å²) in [5.74, 6) is 0.592. The van der Waals surface area contributed by atoms with E-state index in [1.807, 2.05) is 0 Å². The van der Waals surface area contributed by atoms with Gasteiger partial charge in [-0.25, -0.2) is 8.42 Å². The van der Waals surface area contributed by atoms with E-state index in [4.69, 9.17) is 4.74 Å². The van der Waals surface area contributed by atoms with Crippen LogP contribution in [0.15, 0.2) is 0 Å². The summed E-state index contributed by atoms with van der Waals surface area (Å²) >= 11 is 3.40. The minimum absolute atomic E-state index is 0.167. The minimum atomic E-state index is -2.93. The molecule has 0 aliphatic carbocycles. The van der Waals surface area contributed by atoms with Gasteiger partial charge in [0, 0.05) is 18.5 Å². The van der Waals surface area contributed by atoms with Crippen molar-refractivity contribution < 1.29 is 13.2 Å². The van der Waals surface area contributed by atoms with Gasteiger partial charge in [-0.05, 0) is 25.2 Å². The Morgan fingerprint density at radius 3 is 2.50 bits per heavy atom. The molecule has 0 bridgehead atoms. The van der Waals surface area contributed by atoms with Crippen molar-refractivity contribution in [1.82, 2.24) is 0 Å². The predicted molar refractivity (Wildman–Crippen MR) is 69.8 cm³/mol. The first-order chi connectivity index (χ1) is 7.60. The Kier molecular flexibility index (Phi) is 6.29. The van der Waals surface area contributed by atoms with Gasteiger partial charge in [0.1, 0.15) is 0 Å². The molecule has 1 heterocycles. The van der Waals surface area contributed by atoms with E-state index >= 15 is 0 Å². The lowest BCUT2D eigenvalue weighted by molar-refractivity contribution is 0.0983. The van der Waals surface area contributed by atoms with Crippen LogP contribution in [0.5, 0.6) is 0 Å². The van der Waals surface area contributed by atoms with Crippen molar-refractivity contribution in [3.8, 4) is 0 Å². The lowest BCUT2D eigenvalue weighted by Gasteiger charge is -2.24. The van der Waals surface area contributed by atoms with Crippen LogP contribution in [0.3, 0.4) is 0 Å². The molecule has 5 heteroatoms. The Hall–Kier alpha value is 0.390. The summed E-state index contributed by atoms with van der Waals surface area (Å²) in [6, 6.07) is 0. The number of rotatable bonds is 6. The third kappa shape index (κ3) is 4.34. The normalized spacial score (nSPS) is 20.9. The molecule has 1 unspecified atom stereocenters. The molecule has 3 nitrogen and oxygen atoms in total. The number of hydrogen-bond acceptors (Lipinski definition) is 3. The van der Waals surface area contributed by atoms with Crippen molar-refractivity contribution in [1.29, 1.82) is 0 Å². The second kappa shape index (κ2) is 6.97. The van der Waals surface area contributed by atoms with Crippen molar-refractivity contribution in [2.24, 2.45) is 5.92 Å². The summed E-state index contributed by atoms with van der Waals surface area (Å²) in [5, 5.41) is 0.614. The molecule has 0 N–H and O–H groups in total. The first-order valence-corrected chi connectivity index (χ1v) is 8.79. The fourth-order valence-electron chi connectivity index (χ4n) is 2.11. The van der Waals surface area contributed by atoms with Gasteiger partial charge >= 0.3 is 0 Å². The van der Waals surface area contributed by atoms with Crippen LogP contribution in [-0.2, 0) is 14.6 Å². The second-order valence-electron chi connectivity index (χ2n) is 4.45. The molecule has 1 atom stereocenters. The zero-order valence-corrected chi connectivity index (χ0v) is 12.2. The van der Waals surface area contributed by atoms with Crippen LogP contribution in [0.1, 0.15) is 32.6 Å². The molecule has 0 amide bonds. The highest BCUT2D eigenvalue weighted by Crippen LogP contribution is 2.21. The molecule has 0 radical (unpaired) electrons. The van der Waals surface area contributed by atoms with E-state index in [9.17, 15) is 8.42 Å². The van der Waals surface area contributed by atoms with Crippen molar-refractivity contribution in [2.75, 3.05) is 24.3 Å². The molecule has 0 aromatic heterocycles. The molecule has 0 saturated carbocycles. The summed E-state index contributed by atoms with van der Waals surface area (Å²) in [7, 11) is -2.93. The van der Waals surface area contributed by atoms with Crippen LogP contribution in [-0.4, -0.2) is 38.0 Å². The summed E-state index contributed by atoms with van der Waals surface area (Å²) in [5.41, 5.74) is 0. The van der Waals surface area contributed by atoms with E-state index in [0.29, 0.717) is 31.8 Å². The first-order valence-electron chi connectivity index (χ1n) is 5.95. The SMILES string of the molecule is CCCC(CBr)CS(=O)(=O)C1CCOCC1. The number of hydrogen-bond donors (Lipinski definition) is 0. The van der Waals surface area contributed by atoms with Gasteiger partial charge in [-0.2, -0.15) is 0 Å². The summed E-state index contributed by atoms with van der Waals surface area (Å²) in [6.45, 7) is 3.28. The molecule has 1 fully saturated rings. The van der Waals surface area contributed by atoms with Crippen molar-refractivity contribution in [3.63, 3.8) is 0 Å². The van der Waals surface area contributed by atoms with Crippen LogP contribution < -0.4 is 0 Å². The maximum atomic E-state index is 12.2. The highest BCUT2D eigenvalue weighted by Gasteiger charge is 2.29. The maximum absolute atomic E-state index is 12.2. The zero-order chi connectivity index (χ0) is 12.0. The summed E-state index contributed by atoms with van der Waals surface area (Å²) in [4.78, 5) is 0. The van der Waals surface area contributed by atoms with Gasteiger partial charge in [0.05, 0.1) is 11.0 Å². The Morgan fingerprint density at radius 2 is 2.00 bits per heavy atom. The van der Waals surface area contributed by atoms with E-state index in [2.05, 4.69) is 22.9 Å². The topological polar surface area (TPSA) is 43.4 Å². The monoisotopic (exact) mass is 312 g/mol. The van der Waals surface area contributed by atoms with Crippen LogP contribution in [0, 0.1) is 5.92 Å². The van der Waals surface area contributed by atoms with E-state index in [0.717, 1.165) is 18.2 Å². The first kappa shape index (κ1) is 14.5. The van der Waals surface area contributed by atoms with Crippen molar-refractivity contribution in [3.05, 3.63) is 0 Å². The number of ether oxygens (including phenoxy) is 1. The Balaban J connectivity index is 2.54. The van der Waals surface area contributed by atoms with Crippen LogP contribution >= 0.6 is 15.9 Å². The second-order valence-corrected chi connectivity index (χ2v) is 7.42. The molecule has 1 aliphatic rings. The highest BCUT2D eigenvalue weighted by atomic mass is 79.9. The van der Waals surface area contributed by atoms with Gasteiger partial charge in [-0.1, -0.05) is 29.3 Å². The Morgan fingerprint density at radius 1 is 1.38 bits per heavy atom. The van der Waals surface area contributed by atoms with Crippen LogP contribution in [0.4, 0.5) is 0 Å². The zero-order valence-electron chi connectivity index (χ0n) is 9.82. The molecule has 0 aromatic rings. The standard InChI is InChI=1S/C11H21BrO3S/c1-2-3-10(8-12)9-16(13,14)11-4-6-15-7-5-11/h10-11H,2-9H2,1H3. The van der Waals surface area contributed by atoms with Crippen LogP contribution in [0.25, 0.3) is 0 Å². The van der Waals surface area contributed by atoms with Crippen molar-refractivity contribution >= 4 is 25.8 Å². The number of halogens is 1. The summed E-state index contributed by atoms with van der Waals surface area (Å²) < 4.78 is 29.5. The smallest absolute Gasteiger partial charge is 0.153 e. The Labute approximate surface area is 107 Å². The van der Waals surface area contributed by atoms with Gasteiger partial charge in [-0.3, -0.25) is 0 Å². The third-order valence-electron chi connectivity index (χ3n) is 3.06. The van der Waals surface area contributed by atoms with Gasteiger partial charge in [0.15, 0.2) is 9.84 Å². The highest BCUT2D eigenvalue weighted by molar-refractivity contribution is 9.09. The van der Waals surface area contributed by atoms with Gasteiger partial charge in [0.25, 0.3) is 0 Å². The molecule has 0 spiro atoms. The lowest BCUT2D eigenvalue weighted by atomic mass is 10.1. The summed E-state index contributed by atoms with van der Waals surface area (Å²) in [6.07, 6.45) is 3.36. The predicted octanol–water partition coefficient (Wildman–Crippen LogP) is 2.39. The average molecular weight is 313 g/mol. The minimum Gasteiger partial charge on any atom is -0.381 e. The molecule has 1 aliphatic heterocycles. The van der Waals surface area contributed by atoms with E-state index < -0.39 is 9.84 Å². The van der Waals surface area contributed by atoms with Crippen molar-refractivity contribution in [2.45, 2.75) is 37.9 Å². The molecular formula is C11H21BrO3S. The number of alkyl halides is 1. The average Bonchev–Trinajstić information content (AvgIpc) is 2.29. The number of sulfone groups is 1. The maximum Gasteiger partial charge on any atom is 0.153 e. The Bertz CT molecular complexity index is 284. The third-order valence-corrected chi connectivity index (χ3v) is 6.40.